The number of nitrogens with zero attached hydrogens (tertiary/aromatic N) is 1. The molecule has 1 atom stereocenters. The first-order valence-corrected chi connectivity index (χ1v) is 6.31. The van der Waals surface area contributed by atoms with Crippen molar-refractivity contribution in [1.82, 2.24) is 9.97 Å². The molecule has 1 N–H and O–H groups in total. The zero-order valence-electron chi connectivity index (χ0n) is 8.81. The Kier molecular flexibility index (Phi) is 2.62. The van der Waals surface area contributed by atoms with Gasteiger partial charge in [0.05, 0.1) is 3.57 Å². The van der Waals surface area contributed by atoms with Crippen LogP contribution in [0, 0.1) is 3.57 Å². The predicted octanol–water partition coefficient (Wildman–Crippen LogP) is 2.05. The van der Waals surface area contributed by atoms with Crippen LogP contribution in [-0.4, -0.2) is 9.97 Å². The minimum atomic E-state index is -0.183. The number of aromatic nitrogens is 2. The second-order valence-electron chi connectivity index (χ2n) is 3.86. The topological polar surface area (TPSA) is 55.0 Å². The Hall–Kier alpha value is -1.37. The summed E-state index contributed by atoms with van der Waals surface area (Å²) in [5, 5.41) is 0. The quantitative estimate of drug-likeness (QED) is 0.809. The lowest BCUT2D eigenvalue weighted by Gasteiger charge is -2.09. The van der Waals surface area contributed by atoms with Crippen LogP contribution in [0.2, 0.25) is 0 Å². The number of ether oxygens (including phenoxy) is 1. The zero-order chi connectivity index (χ0) is 11.8. The molecule has 1 unspecified atom stereocenters. The van der Waals surface area contributed by atoms with Gasteiger partial charge in [0, 0.05) is 12.6 Å². The number of fused-ring (bicyclic) bond motifs is 1. The van der Waals surface area contributed by atoms with E-state index >= 15 is 0 Å². The molecule has 0 spiro atoms. The van der Waals surface area contributed by atoms with Crippen LogP contribution < -0.4 is 10.3 Å². The smallest absolute Gasteiger partial charge is 0.264 e. The van der Waals surface area contributed by atoms with Gasteiger partial charge >= 0.3 is 0 Å². The maximum absolute atomic E-state index is 11.5. The van der Waals surface area contributed by atoms with Crippen molar-refractivity contribution < 1.29 is 4.74 Å². The molecule has 17 heavy (non-hydrogen) atoms. The molecule has 0 amide bonds. The van der Waals surface area contributed by atoms with E-state index in [-0.39, 0.29) is 11.7 Å². The summed E-state index contributed by atoms with van der Waals surface area (Å²) in [6, 6.07) is 7.88. The highest BCUT2D eigenvalue weighted by Crippen LogP contribution is 2.34. The molecular formula is C12H9IN2O2. The minimum Gasteiger partial charge on any atom is -0.482 e. The van der Waals surface area contributed by atoms with E-state index in [1.165, 1.54) is 0 Å². The number of benzene rings is 1. The second-order valence-corrected chi connectivity index (χ2v) is 5.03. The molecular weight excluding hydrogens is 331 g/mol. The van der Waals surface area contributed by atoms with E-state index in [0.29, 0.717) is 9.39 Å². The third kappa shape index (κ3) is 1.95. The van der Waals surface area contributed by atoms with Gasteiger partial charge in [0.1, 0.15) is 5.75 Å². The molecule has 1 aliphatic rings. The van der Waals surface area contributed by atoms with E-state index in [1.54, 1.807) is 6.20 Å². The van der Waals surface area contributed by atoms with Gasteiger partial charge in [-0.2, -0.15) is 0 Å². The first-order valence-electron chi connectivity index (χ1n) is 5.23. The summed E-state index contributed by atoms with van der Waals surface area (Å²) in [5.41, 5.74) is 1.04. The molecule has 4 nitrogen and oxygen atoms in total. The van der Waals surface area contributed by atoms with Crippen molar-refractivity contribution in [2.45, 2.75) is 12.5 Å². The number of para-hydroxylation sites is 1. The Morgan fingerprint density at radius 2 is 2.24 bits per heavy atom. The fourth-order valence-electron chi connectivity index (χ4n) is 1.89. The molecule has 0 radical (unpaired) electrons. The van der Waals surface area contributed by atoms with Gasteiger partial charge < -0.3 is 9.72 Å². The van der Waals surface area contributed by atoms with Crippen LogP contribution >= 0.6 is 22.6 Å². The summed E-state index contributed by atoms with van der Waals surface area (Å²) in [4.78, 5) is 18.5. The maximum Gasteiger partial charge on any atom is 0.264 e. The molecule has 2 aromatic rings. The third-order valence-corrected chi connectivity index (χ3v) is 3.50. The van der Waals surface area contributed by atoms with E-state index < -0.39 is 0 Å². The van der Waals surface area contributed by atoms with E-state index in [2.05, 4.69) is 9.97 Å². The summed E-state index contributed by atoms with van der Waals surface area (Å²) in [6.07, 6.45) is 2.14. The Labute approximate surface area is 111 Å². The monoisotopic (exact) mass is 340 g/mol. The Balaban J connectivity index is 1.94. The summed E-state index contributed by atoms with van der Waals surface area (Å²) < 4.78 is 6.34. The van der Waals surface area contributed by atoms with Crippen LogP contribution in [0.25, 0.3) is 0 Å². The van der Waals surface area contributed by atoms with Gasteiger partial charge in [-0.05, 0) is 34.2 Å². The van der Waals surface area contributed by atoms with E-state index in [0.717, 1.165) is 17.7 Å². The highest BCUT2D eigenvalue weighted by molar-refractivity contribution is 14.1. The van der Waals surface area contributed by atoms with Gasteiger partial charge in [-0.1, -0.05) is 18.2 Å². The van der Waals surface area contributed by atoms with Gasteiger partial charge in [0.15, 0.2) is 11.9 Å². The standard InChI is InChI=1S/C12H9IN2O2/c13-8-6-14-11(15-12(8)16)10-5-7-3-1-2-4-9(7)17-10/h1-4,6,10H,5H2,(H,14,15,16). The van der Waals surface area contributed by atoms with Gasteiger partial charge in [0.25, 0.3) is 5.56 Å². The fraction of sp³-hybridized carbons (Fsp3) is 0.167. The summed E-state index contributed by atoms with van der Waals surface area (Å²) >= 11 is 1.96. The number of nitrogens with one attached hydrogen (secondary N) is 1. The molecule has 1 aliphatic heterocycles. The first-order chi connectivity index (χ1) is 8.24. The molecule has 1 aromatic carbocycles. The molecule has 1 aromatic heterocycles. The minimum absolute atomic E-state index is 0.116. The number of rotatable bonds is 1. The molecule has 86 valence electrons. The number of hydrogen-bond acceptors (Lipinski definition) is 3. The lowest BCUT2D eigenvalue weighted by Crippen LogP contribution is -2.18. The second kappa shape index (κ2) is 4.14. The van der Waals surface area contributed by atoms with Crippen molar-refractivity contribution >= 4 is 22.6 Å². The van der Waals surface area contributed by atoms with Gasteiger partial charge in [-0.15, -0.1) is 0 Å². The molecule has 0 bridgehead atoms. The molecule has 0 saturated heterocycles. The average Bonchev–Trinajstić information content (AvgIpc) is 2.76. The number of halogens is 1. The fourth-order valence-corrected chi connectivity index (χ4v) is 2.17. The van der Waals surface area contributed by atoms with Crippen LogP contribution in [0.5, 0.6) is 5.75 Å². The van der Waals surface area contributed by atoms with Crippen molar-refractivity contribution in [3.8, 4) is 5.75 Å². The van der Waals surface area contributed by atoms with E-state index in [4.69, 9.17) is 4.74 Å². The highest BCUT2D eigenvalue weighted by Gasteiger charge is 2.25. The van der Waals surface area contributed by atoms with Crippen LogP contribution in [0.15, 0.2) is 35.3 Å². The van der Waals surface area contributed by atoms with Crippen LogP contribution in [0.4, 0.5) is 0 Å². The van der Waals surface area contributed by atoms with Crippen molar-refractivity contribution in [1.29, 1.82) is 0 Å². The number of aromatic amines is 1. The van der Waals surface area contributed by atoms with Crippen molar-refractivity contribution in [3.05, 3.63) is 55.8 Å². The predicted molar refractivity (Wildman–Crippen MR) is 71.1 cm³/mol. The van der Waals surface area contributed by atoms with E-state index in [9.17, 15) is 4.79 Å². The Morgan fingerprint density at radius 1 is 1.41 bits per heavy atom. The SMILES string of the molecule is O=c1[nH]c(C2Cc3ccccc3O2)ncc1I. The van der Waals surface area contributed by atoms with Crippen LogP contribution in [-0.2, 0) is 6.42 Å². The van der Waals surface area contributed by atoms with Crippen LogP contribution in [0.3, 0.4) is 0 Å². The Bertz CT molecular complexity index is 599. The Morgan fingerprint density at radius 3 is 3.00 bits per heavy atom. The van der Waals surface area contributed by atoms with Crippen LogP contribution in [0.1, 0.15) is 17.5 Å². The van der Waals surface area contributed by atoms with Gasteiger partial charge in [-0.3, -0.25) is 4.79 Å². The molecule has 0 aliphatic carbocycles. The number of hydrogen-bond donors (Lipinski definition) is 1. The van der Waals surface area contributed by atoms with E-state index in [1.807, 2.05) is 46.9 Å². The summed E-state index contributed by atoms with van der Waals surface area (Å²) in [6.45, 7) is 0. The summed E-state index contributed by atoms with van der Waals surface area (Å²) in [5.74, 6) is 1.46. The van der Waals surface area contributed by atoms with Crippen molar-refractivity contribution in [3.63, 3.8) is 0 Å². The molecule has 3 rings (SSSR count). The highest BCUT2D eigenvalue weighted by atomic mass is 127. The molecule has 0 fully saturated rings. The maximum atomic E-state index is 11.5. The van der Waals surface area contributed by atoms with Crippen molar-refractivity contribution in [2.75, 3.05) is 0 Å². The first kappa shape index (κ1) is 10.8. The number of H-pyrrole nitrogens is 1. The zero-order valence-corrected chi connectivity index (χ0v) is 11.0. The van der Waals surface area contributed by atoms with Crippen molar-refractivity contribution in [2.24, 2.45) is 0 Å². The summed E-state index contributed by atoms with van der Waals surface area (Å²) in [7, 11) is 0. The van der Waals surface area contributed by atoms with Gasteiger partial charge in [0.2, 0.25) is 0 Å². The average molecular weight is 340 g/mol. The van der Waals surface area contributed by atoms with Gasteiger partial charge in [-0.25, -0.2) is 4.98 Å². The normalized spacial score (nSPS) is 17.6. The lowest BCUT2D eigenvalue weighted by molar-refractivity contribution is 0.227. The molecule has 0 saturated carbocycles. The molecule has 5 heteroatoms. The molecule has 2 heterocycles. The lowest BCUT2D eigenvalue weighted by atomic mass is 10.1. The third-order valence-electron chi connectivity index (χ3n) is 2.73. The largest absolute Gasteiger partial charge is 0.482 e.